The molecule has 114 valence electrons. The zero-order valence-corrected chi connectivity index (χ0v) is 11.5. The lowest BCUT2D eigenvalue weighted by Crippen LogP contribution is -2.18. The van der Waals surface area contributed by atoms with Crippen LogP contribution in [-0.4, -0.2) is 30.2 Å². The van der Waals surface area contributed by atoms with Crippen molar-refractivity contribution in [2.75, 3.05) is 20.3 Å². The molecule has 1 aromatic carbocycles. The lowest BCUT2D eigenvalue weighted by Gasteiger charge is -2.07. The van der Waals surface area contributed by atoms with Gasteiger partial charge < -0.3 is 15.0 Å². The normalized spacial score (nSPS) is 11.8. The predicted molar refractivity (Wildman–Crippen MR) is 72.6 cm³/mol. The van der Waals surface area contributed by atoms with Crippen LogP contribution >= 0.6 is 0 Å². The molecule has 2 N–H and O–H groups in total. The Kier molecular flexibility index (Phi) is 4.98. The lowest BCUT2D eigenvalue weighted by molar-refractivity contribution is -0.137. The van der Waals surface area contributed by atoms with E-state index in [2.05, 4.69) is 15.3 Å². The second-order valence-electron chi connectivity index (χ2n) is 4.51. The molecule has 1 heterocycles. The Morgan fingerprint density at radius 1 is 1.33 bits per heavy atom. The van der Waals surface area contributed by atoms with Gasteiger partial charge in [-0.1, -0.05) is 12.1 Å². The molecule has 21 heavy (non-hydrogen) atoms. The number of ether oxygens (including phenoxy) is 1. The van der Waals surface area contributed by atoms with Crippen molar-refractivity contribution in [1.29, 1.82) is 0 Å². The van der Waals surface area contributed by atoms with Crippen molar-refractivity contribution in [2.45, 2.75) is 12.7 Å². The highest BCUT2D eigenvalue weighted by atomic mass is 19.4. The average Bonchev–Trinajstić information content (AvgIpc) is 2.92. The Morgan fingerprint density at radius 2 is 2.14 bits per heavy atom. The molecule has 1 aromatic heterocycles. The number of nitrogens with zero attached hydrogens (tertiary/aromatic N) is 1. The van der Waals surface area contributed by atoms with Crippen LogP contribution in [-0.2, 0) is 17.5 Å². The first-order valence-corrected chi connectivity index (χ1v) is 6.42. The van der Waals surface area contributed by atoms with Crippen molar-refractivity contribution in [3.63, 3.8) is 0 Å². The molecular weight excluding hydrogens is 283 g/mol. The minimum atomic E-state index is -4.35. The smallest absolute Gasteiger partial charge is 0.383 e. The highest BCUT2D eigenvalue weighted by molar-refractivity contribution is 5.56. The van der Waals surface area contributed by atoms with E-state index in [1.807, 2.05) is 0 Å². The molecule has 0 saturated carbocycles. The lowest BCUT2D eigenvalue weighted by atomic mass is 10.1. The van der Waals surface area contributed by atoms with Gasteiger partial charge in [-0.3, -0.25) is 0 Å². The highest BCUT2D eigenvalue weighted by Gasteiger charge is 2.30. The van der Waals surface area contributed by atoms with E-state index in [4.69, 9.17) is 4.74 Å². The van der Waals surface area contributed by atoms with Crippen LogP contribution in [0.3, 0.4) is 0 Å². The molecule has 0 saturated heterocycles. The monoisotopic (exact) mass is 299 g/mol. The van der Waals surface area contributed by atoms with Crippen molar-refractivity contribution < 1.29 is 17.9 Å². The molecule has 4 nitrogen and oxygen atoms in total. The van der Waals surface area contributed by atoms with Gasteiger partial charge in [-0.05, 0) is 12.1 Å². The predicted octanol–water partition coefficient (Wildman–Crippen LogP) is 2.83. The minimum Gasteiger partial charge on any atom is -0.383 e. The molecule has 0 amide bonds. The van der Waals surface area contributed by atoms with Gasteiger partial charge in [-0.15, -0.1) is 0 Å². The summed E-state index contributed by atoms with van der Waals surface area (Å²) in [5.74, 6) is 0.421. The molecule has 0 radical (unpaired) electrons. The maximum absolute atomic E-state index is 12.7. The van der Waals surface area contributed by atoms with Crippen molar-refractivity contribution >= 4 is 0 Å². The zero-order valence-electron chi connectivity index (χ0n) is 11.5. The number of aromatic nitrogens is 2. The molecule has 0 spiro atoms. The summed E-state index contributed by atoms with van der Waals surface area (Å²) in [6.45, 7) is 1.83. The fraction of sp³-hybridized carbons (Fsp3) is 0.357. The summed E-state index contributed by atoms with van der Waals surface area (Å²) in [4.78, 5) is 7.12. The molecule has 7 heteroatoms. The molecule has 0 fully saturated rings. The van der Waals surface area contributed by atoms with E-state index >= 15 is 0 Å². The number of hydrogen-bond donors (Lipinski definition) is 2. The van der Waals surface area contributed by atoms with E-state index in [0.29, 0.717) is 31.1 Å². The molecule has 2 rings (SSSR count). The van der Waals surface area contributed by atoms with Crippen LogP contribution < -0.4 is 5.32 Å². The molecule has 0 bridgehead atoms. The Labute approximate surface area is 120 Å². The molecule has 0 atom stereocenters. The molecule has 0 aliphatic heterocycles. The fourth-order valence-electron chi connectivity index (χ4n) is 1.84. The SMILES string of the molecule is COCCNCc1cnc(-c2cccc(C(F)(F)F)c2)[nH]1. The number of benzene rings is 1. The van der Waals surface area contributed by atoms with Crippen molar-refractivity contribution in [3.8, 4) is 11.4 Å². The summed E-state index contributed by atoms with van der Waals surface area (Å²) in [7, 11) is 1.61. The van der Waals surface area contributed by atoms with Crippen LogP contribution in [0.5, 0.6) is 0 Å². The molecular formula is C14H16F3N3O. The molecule has 0 unspecified atom stereocenters. The van der Waals surface area contributed by atoms with E-state index in [1.165, 1.54) is 6.07 Å². The van der Waals surface area contributed by atoms with Gasteiger partial charge in [0, 0.05) is 37.7 Å². The number of halogens is 3. The van der Waals surface area contributed by atoms with Crippen LogP contribution in [0.25, 0.3) is 11.4 Å². The fourth-order valence-corrected chi connectivity index (χ4v) is 1.84. The highest BCUT2D eigenvalue weighted by Crippen LogP contribution is 2.31. The van der Waals surface area contributed by atoms with Gasteiger partial charge in [0.05, 0.1) is 12.2 Å². The Balaban J connectivity index is 2.07. The number of H-pyrrole nitrogens is 1. The summed E-state index contributed by atoms with van der Waals surface area (Å²) >= 11 is 0. The minimum absolute atomic E-state index is 0.410. The largest absolute Gasteiger partial charge is 0.416 e. The molecule has 2 aromatic rings. The van der Waals surface area contributed by atoms with E-state index < -0.39 is 11.7 Å². The van der Waals surface area contributed by atoms with Crippen LogP contribution in [0.4, 0.5) is 13.2 Å². The quantitative estimate of drug-likeness (QED) is 0.806. The van der Waals surface area contributed by atoms with Crippen LogP contribution in [0.2, 0.25) is 0 Å². The van der Waals surface area contributed by atoms with Crippen LogP contribution in [0, 0.1) is 0 Å². The van der Waals surface area contributed by atoms with Gasteiger partial charge >= 0.3 is 6.18 Å². The first-order chi connectivity index (χ1) is 10.0. The van der Waals surface area contributed by atoms with Gasteiger partial charge in [0.1, 0.15) is 5.82 Å². The summed E-state index contributed by atoms with van der Waals surface area (Å²) in [5, 5.41) is 3.13. The third kappa shape index (κ3) is 4.30. The van der Waals surface area contributed by atoms with Crippen LogP contribution in [0.1, 0.15) is 11.3 Å². The van der Waals surface area contributed by atoms with Crippen LogP contribution in [0.15, 0.2) is 30.5 Å². The second-order valence-corrected chi connectivity index (χ2v) is 4.51. The third-order valence-electron chi connectivity index (χ3n) is 2.89. The number of hydrogen-bond acceptors (Lipinski definition) is 3. The van der Waals surface area contributed by atoms with E-state index in [-0.39, 0.29) is 0 Å². The van der Waals surface area contributed by atoms with Crippen molar-refractivity contribution in [2.24, 2.45) is 0 Å². The van der Waals surface area contributed by atoms with Gasteiger partial charge in [-0.2, -0.15) is 13.2 Å². The average molecular weight is 299 g/mol. The van der Waals surface area contributed by atoms with Gasteiger partial charge in [0.2, 0.25) is 0 Å². The van der Waals surface area contributed by atoms with Gasteiger partial charge in [-0.25, -0.2) is 4.98 Å². The number of aromatic amines is 1. The first-order valence-electron chi connectivity index (χ1n) is 6.42. The summed E-state index contributed by atoms with van der Waals surface area (Å²) in [6.07, 6.45) is -2.75. The van der Waals surface area contributed by atoms with E-state index in [9.17, 15) is 13.2 Å². The first kappa shape index (κ1) is 15.5. The van der Waals surface area contributed by atoms with Crippen molar-refractivity contribution in [1.82, 2.24) is 15.3 Å². The number of rotatable bonds is 6. The maximum Gasteiger partial charge on any atom is 0.416 e. The van der Waals surface area contributed by atoms with Crippen molar-refractivity contribution in [3.05, 3.63) is 41.7 Å². The van der Waals surface area contributed by atoms with E-state index in [1.54, 1.807) is 19.4 Å². The summed E-state index contributed by atoms with van der Waals surface area (Å²) in [5.41, 5.74) is 0.530. The second kappa shape index (κ2) is 6.73. The van der Waals surface area contributed by atoms with E-state index in [0.717, 1.165) is 17.8 Å². The maximum atomic E-state index is 12.7. The summed E-state index contributed by atoms with van der Waals surface area (Å²) < 4.78 is 42.9. The number of nitrogens with one attached hydrogen (secondary N) is 2. The topological polar surface area (TPSA) is 49.9 Å². The Morgan fingerprint density at radius 3 is 2.86 bits per heavy atom. The standard InChI is InChI=1S/C14H16F3N3O/c1-21-6-5-18-8-12-9-19-13(20-12)10-3-2-4-11(7-10)14(15,16)17/h2-4,7,9,18H,5-6,8H2,1H3,(H,19,20). The molecule has 0 aliphatic rings. The Hall–Kier alpha value is -1.86. The zero-order chi connectivity index (χ0) is 15.3. The van der Waals surface area contributed by atoms with Gasteiger partial charge in [0.25, 0.3) is 0 Å². The molecule has 0 aliphatic carbocycles. The Bertz CT molecular complexity index is 581. The number of imidazole rings is 1. The summed E-state index contributed by atoms with van der Waals surface area (Å²) in [6, 6.07) is 5.09. The number of methoxy groups -OCH3 is 1. The third-order valence-corrected chi connectivity index (χ3v) is 2.89. The number of alkyl halides is 3. The van der Waals surface area contributed by atoms with Gasteiger partial charge in [0.15, 0.2) is 0 Å².